The largest absolute Gasteiger partial charge is 0.481 e. The summed E-state index contributed by atoms with van der Waals surface area (Å²) in [6, 6.07) is -1.30. The van der Waals surface area contributed by atoms with Crippen molar-refractivity contribution in [2.45, 2.75) is 47.1 Å². The molecule has 1 unspecified atom stereocenters. The number of carbonyl (C=O) groups is 3. The van der Waals surface area contributed by atoms with Crippen molar-refractivity contribution in [1.29, 1.82) is 0 Å². The van der Waals surface area contributed by atoms with Crippen molar-refractivity contribution >= 4 is 18.0 Å². The maximum absolute atomic E-state index is 11.5. The van der Waals surface area contributed by atoms with Gasteiger partial charge in [0.1, 0.15) is 6.04 Å². The molecule has 0 aromatic heterocycles. The fourth-order valence-corrected chi connectivity index (χ4v) is 1.71. The van der Waals surface area contributed by atoms with Gasteiger partial charge >= 0.3 is 18.0 Å². The molecule has 1 amide bonds. The van der Waals surface area contributed by atoms with E-state index in [1.165, 1.54) is 0 Å². The highest BCUT2D eigenvalue weighted by atomic mass is 16.5. The van der Waals surface area contributed by atoms with Gasteiger partial charge in [-0.15, -0.1) is 0 Å². The van der Waals surface area contributed by atoms with Gasteiger partial charge in [-0.3, -0.25) is 4.79 Å². The minimum absolute atomic E-state index is 0.125. The van der Waals surface area contributed by atoms with E-state index in [0.717, 1.165) is 0 Å². The first-order valence-corrected chi connectivity index (χ1v) is 6.84. The van der Waals surface area contributed by atoms with E-state index in [4.69, 9.17) is 9.84 Å². The van der Waals surface area contributed by atoms with Crippen molar-refractivity contribution in [3.8, 4) is 0 Å². The molecule has 2 atom stereocenters. The molecule has 0 spiro atoms. The molecule has 0 rings (SSSR count). The van der Waals surface area contributed by atoms with E-state index >= 15 is 0 Å². The number of aliphatic carboxylic acids is 2. The van der Waals surface area contributed by atoms with E-state index in [2.05, 4.69) is 5.32 Å². The van der Waals surface area contributed by atoms with E-state index in [-0.39, 0.29) is 18.9 Å². The summed E-state index contributed by atoms with van der Waals surface area (Å²) < 4.78 is 4.85. The zero-order valence-corrected chi connectivity index (χ0v) is 13.2. The predicted molar refractivity (Wildman–Crippen MR) is 75.9 cm³/mol. The second-order valence-corrected chi connectivity index (χ2v) is 6.52. The van der Waals surface area contributed by atoms with Crippen LogP contribution in [0.5, 0.6) is 0 Å². The van der Waals surface area contributed by atoms with Crippen molar-refractivity contribution in [1.82, 2.24) is 5.32 Å². The highest BCUT2D eigenvalue weighted by Crippen LogP contribution is 2.30. The molecule has 7 nitrogen and oxygen atoms in total. The Kier molecular flexibility index (Phi) is 7.18. The molecule has 0 aliphatic rings. The summed E-state index contributed by atoms with van der Waals surface area (Å²) in [7, 11) is 0. The molecule has 0 saturated heterocycles. The molecule has 7 heteroatoms. The standard InChI is InChI=1S/C14H25NO6/c1-8(2)7-21-13(20)15-10(12(18)19)6-9(11(16)17)14(3,4)5/h8-10H,6-7H2,1-5H3,(H,15,20)(H,16,17)(H,18,19)/t9?,10-/m0/s1. The molecular weight excluding hydrogens is 278 g/mol. The molecule has 0 aromatic carbocycles. The van der Waals surface area contributed by atoms with Gasteiger partial charge in [0, 0.05) is 0 Å². The number of amides is 1. The summed E-state index contributed by atoms with van der Waals surface area (Å²) in [6.45, 7) is 9.00. The summed E-state index contributed by atoms with van der Waals surface area (Å²) in [5.74, 6) is -3.15. The lowest BCUT2D eigenvalue weighted by atomic mass is 9.77. The highest BCUT2D eigenvalue weighted by Gasteiger charge is 2.36. The SMILES string of the molecule is CC(C)COC(=O)N[C@@H](CC(C(=O)O)C(C)(C)C)C(=O)O. The Labute approximate surface area is 124 Å². The molecule has 0 aromatic rings. The lowest BCUT2D eigenvalue weighted by molar-refractivity contribution is -0.147. The quantitative estimate of drug-likeness (QED) is 0.662. The van der Waals surface area contributed by atoms with Crippen LogP contribution in [0.1, 0.15) is 41.0 Å². The molecule has 0 heterocycles. The van der Waals surface area contributed by atoms with E-state index in [0.29, 0.717) is 0 Å². The Bertz CT molecular complexity index is 385. The second-order valence-electron chi connectivity index (χ2n) is 6.52. The van der Waals surface area contributed by atoms with Crippen molar-refractivity contribution < 1.29 is 29.3 Å². The van der Waals surface area contributed by atoms with Gasteiger partial charge in [-0.1, -0.05) is 34.6 Å². The third-order valence-corrected chi connectivity index (χ3v) is 2.95. The minimum Gasteiger partial charge on any atom is -0.481 e. The number of carboxylic acid groups (broad SMARTS) is 2. The average molecular weight is 303 g/mol. The summed E-state index contributed by atoms with van der Waals surface area (Å²) in [5.41, 5.74) is -0.622. The topological polar surface area (TPSA) is 113 Å². The molecule has 122 valence electrons. The molecule has 0 bridgehead atoms. The van der Waals surface area contributed by atoms with Gasteiger partial charge in [0.25, 0.3) is 0 Å². The third-order valence-electron chi connectivity index (χ3n) is 2.95. The number of ether oxygens (including phenoxy) is 1. The van der Waals surface area contributed by atoms with Gasteiger partial charge in [0.05, 0.1) is 12.5 Å². The number of hydrogen-bond donors (Lipinski definition) is 3. The normalized spacial score (nSPS) is 14.4. The number of nitrogens with one attached hydrogen (secondary N) is 1. The average Bonchev–Trinajstić information content (AvgIpc) is 2.29. The van der Waals surface area contributed by atoms with E-state index in [1.54, 1.807) is 20.8 Å². The monoisotopic (exact) mass is 303 g/mol. The molecule has 0 saturated carbocycles. The lowest BCUT2D eigenvalue weighted by Crippen LogP contribution is -2.45. The number of carbonyl (C=O) groups excluding carboxylic acids is 1. The number of rotatable bonds is 7. The first-order chi connectivity index (χ1) is 9.45. The molecule has 21 heavy (non-hydrogen) atoms. The summed E-state index contributed by atoms with van der Waals surface area (Å²) in [4.78, 5) is 34.0. The van der Waals surface area contributed by atoms with Crippen LogP contribution in [0.25, 0.3) is 0 Å². The number of hydrogen-bond acceptors (Lipinski definition) is 4. The van der Waals surface area contributed by atoms with Crippen molar-refractivity contribution in [3.05, 3.63) is 0 Å². The molecule has 0 aliphatic carbocycles. The van der Waals surface area contributed by atoms with Gasteiger partial charge < -0.3 is 20.3 Å². The first-order valence-electron chi connectivity index (χ1n) is 6.84. The Morgan fingerprint density at radius 3 is 1.95 bits per heavy atom. The van der Waals surface area contributed by atoms with Crippen LogP contribution < -0.4 is 5.32 Å². The zero-order chi connectivity index (χ0) is 16.8. The van der Waals surface area contributed by atoms with Gasteiger partial charge in [-0.25, -0.2) is 9.59 Å². The minimum atomic E-state index is -1.30. The van der Waals surface area contributed by atoms with Crippen LogP contribution >= 0.6 is 0 Å². The molecule has 0 fully saturated rings. The number of alkyl carbamates (subject to hydrolysis) is 1. The Hall–Kier alpha value is -1.79. The Morgan fingerprint density at radius 2 is 1.62 bits per heavy atom. The van der Waals surface area contributed by atoms with E-state index < -0.39 is 35.4 Å². The van der Waals surface area contributed by atoms with Crippen LogP contribution in [-0.2, 0) is 14.3 Å². The van der Waals surface area contributed by atoms with Crippen LogP contribution in [0.3, 0.4) is 0 Å². The predicted octanol–water partition coefficient (Wildman–Crippen LogP) is 1.96. The maximum atomic E-state index is 11.5. The first kappa shape index (κ1) is 19.2. The van der Waals surface area contributed by atoms with Crippen molar-refractivity contribution in [2.75, 3.05) is 6.61 Å². The van der Waals surface area contributed by atoms with E-state index in [9.17, 15) is 19.5 Å². The third kappa shape index (κ3) is 7.53. The molecular formula is C14H25NO6. The van der Waals surface area contributed by atoms with Crippen LogP contribution in [0.2, 0.25) is 0 Å². The fraction of sp³-hybridized carbons (Fsp3) is 0.786. The summed E-state index contributed by atoms with van der Waals surface area (Å²) in [6.07, 6.45) is -1.06. The van der Waals surface area contributed by atoms with Gasteiger partial charge in [0.15, 0.2) is 0 Å². The maximum Gasteiger partial charge on any atom is 0.407 e. The van der Waals surface area contributed by atoms with Crippen LogP contribution in [0, 0.1) is 17.3 Å². The van der Waals surface area contributed by atoms with Crippen molar-refractivity contribution in [2.24, 2.45) is 17.3 Å². The smallest absolute Gasteiger partial charge is 0.407 e. The molecule has 0 aliphatic heterocycles. The lowest BCUT2D eigenvalue weighted by Gasteiger charge is -2.29. The summed E-state index contributed by atoms with van der Waals surface area (Å²) >= 11 is 0. The Morgan fingerprint density at radius 1 is 1.10 bits per heavy atom. The highest BCUT2D eigenvalue weighted by molar-refractivity contribution is 5.81. The van der Waals surface area contributed by atoms with Gasteiger partial charge in [-0.05, 0) is 17.8 Å². The molecule has 3 N–H and O–H groups in total. The fourth-order valence-electron chi connectivity index (χ4n) is 1.71. The van der Waals surface area contributed by atoms with E-state index in [1.807, 2.05) is 13.8 Å². The van der Waals surface area contributed by atoms with Crippen molar-refractivity contribution in [3.63, 3.8) is 0 Å². The van der Waals surface area contributed by atoms with Crippen LogP contribution in [0.4, 0.5) is 4.79 Å². The van der Waals surface area contributed by atoms with Crippen LogP contribution in [-0.4, -0.2) is 40.9 Å². The second kappa shape index (κ2) is 7.85. The number of carboxylic acids is 2. The van der Waals surface area contributed by atoms with Crippen LogP contribution in [0.15, 0.2) is 0 Å². The van der Waals surface area contributed by atoms with Gasteiger partial charge in [-0.2, -0.15) is 0 Å². The molecule has 0 radical (unpaired) electrons. The van der Waals surface area contributed by atoms with Gasteiger partial charge in [0.2, 0.25) is 0 Å². The zero-order valence-electron chi connectivity index (χ0n) is 13.2. The Balaban J connectivity index is 4.80. The summed E-state index contributed by atoms with van der Waals surface area (Å²) in [5, 5.41) is 20.6.